The van der Waals surface area contributed by atoms with Crippen LogP contribution < -0.4 is 5.32 Å². The van der Waals surface area contributed by atoms with Crippen LogP contribution in [0.2, 0.25) is 0 Å². The van der Waals surface area contributed by atoms with Crippen molar-refractivity contribution in [1.29, 1.82) is 0 Å². The van der Waals surface area contributed by atoms with E-state index >= 15 is 0 Å². The minimum absolute atomic E-state index is 0.0405. The van der Waals surface area contributed by atoms with Crippen molar-refractivity contribution in [3.8, 4) is 0 Å². The maximum atomic E-state index is 11.9. The molecule has 1 rings (SSSR count). The van der Waals surface area contributed by atoms with Crippen LogP contribution in [-0.4, -0.2) is 46.8 Å². The van der Waals surface area contributed by atoms with Gasteiger partial charge in [0.05, 0.1) is 5.75 Å². The molecule has 1 aliphatic heterocycles. The van der Waals surface area contributed by atoms with E-state index in [9.17, 15) is 9.59 Å². The van der Waals surface area contributed by atoms with Gasteiger partial charge in [-0.15, -0.1) is 11.8 Å². The van der Waals surface area contributed by atoms with E-state index in [-0.39, 0.29) is 16.6 Å². The normalized spacial score (nSPS) is 17.9. The van der Waals surface area contributed by atoms with Crippen molar-refractivity contribution < 1.29 is 9.59 Å². The van der Waals surface area contributed by atoms with Gasteiger partial charge in [-0.05, 0) is 0 Å². The number of carbonyl (C=O) groups excluding carboxylic acids is 2. The van der Waals surface area contributed by atoms with E-state index in [0.29, 0.717) is 31.8 Å². The number of amides is 2. The second-order valence-corrected chi connectivity index (χ2v) is 6.68. The van der Waals surface area contributed by atoms with E-state index in [4.69, 9.17) is 0 Å². The molecule has 4 nitrogen and oxygen atoms in total. The van der Waals surface area contributed by atoms with E-state index in [0.717, 1.165) is 0 Å². The Labute approximate surface area is 101 Å². The summed E-state index contributed by atoms with van der Waals surface area (Å²) in [7, 11) is 0. The minimum Gasteiger partial charge on any atom is -0.354 e. The molecule has 0 unspecified atom stereocenters. The van der Waals surface area contributed by atoms with Gasteiger partial charge in [0.25, 0.3) is 0 Å². The summed E-state index contributed by atoms with van der Waals surface area (Å²) in [6, 6.07) is 0. The number of hydrogen-bond acceptors (Lipinski definition) is 3. The zero-order valence-electron chi connectivity index (χ0n) is 10.2. The van der Waals surface area contributed by atoms with Crippen molar-refractivity contribution in [1.82, 2.24) is 10.2 Å². The van der Waals surface area contributed by atoms with Crippen molar-refractivity contribution in [2.24, 2.45) is 0 Å². The fourth-order valence-electron chi connectivity index (χ4n) is 1.39. The Balaban J connectivity index is 2.38. The Morgan fingerprint density at radius 2 is 2.12 bits per heavy atom. The summed E-state index contributed by atoms with van der Waals surface area (Å²) >= 11 is 1.65. The quantitative estimate of drug-likeness (QED) is 0.784. The van der Waals surface area contributed by atoms with Crippen LogP contribution >= 0.6 is 11.8 Å². The third kappa shape index (κ3) is 4.88. The molecular formula is C11H20N2O2S. The molecule has 16 heavy (non-hydrogen) atoms. The van der Waals surface area contributed by atoms with Gasteiger partial charge in [-0.2, -0.15) is 0 Å². The SMILES string of the molecule is CC(C)(C)SCC(=O)N1CCNC(=O)CC1. The van der Waals surface area contributed by atoms with Gasteiger partial charge in [0.15, 0.2) is 0 Å². The summed E-state index contributed by atoms with van der Waals surface area (Å²) in [5.41, 5.74) is 0. The van der Waals surface area contributed by atoms with Gasteiger partial charge in [-0.25, -0.2) is 0 Å². The lowest BCUT2D eigenvalue weighted by molar-refractivity contribution is -0.128. The first-order valence-corrected chi connectivity index (χ1v) is 6.55. The van der Waals surface area contributed by atoms with Crippen molar-refractivity contribution in [2.45, 2.75) is 31.9 Å². The number of thioether (sulfide) groups is 1. The summed E-state index contributed by atoms with van der Waals surface area (Å²) in [6.07, 6.45) is 0.423. The summed E-state index contributed by atoms with van der Waals surface area (Å²) < 4.78 is 0.107. The molecular weight excluding hydrogens is 224 g/mol. The van der Waals surface area contributed by atoms with Crippen molar-refractivity contribution >= 4 is 23.6 Å². The van der Waals surface area contributed by atoms with Crippen LogP contribution in [0.1, 0.15) is 27.2 Å². The molecule has 0 atom stereocenters. The Morgan fingerprint density at radius 3 is 2.75 bits per heavy atom. The highest BCUT2D eigenvalue weighted by molar-refractivity contribution is 8.01. The highest BCUT2D eigenvalue weighted by Gasteiger charge is 2.20. The molecule has 1 saturated heterocycles. The topological polar surface area (TPSA) is 49.4 Å². The summed E-state index contributed by atoms with van der Waals surface area (Å²) in [5, 5.41) is 2.76. The third-order valence-electron chi connectivity index (χ3n) is 2.29. The molecule has 1 fully saturated rings. The lowest BCUT2D eigenvalue weighted by atomic mass is 10.3. The maximum absolute atomic E-state index is 11.9. The van der Waals surface area contributed by atoms with E-state index in [1.54, 1.807) is 16.7 Å². The van der Waals surface area contributed by atoms with Crippen LogP contribution in [0.4, 0.5) is 0 Å². The number of hydrogen-bond donors (Lipinski definition) is 1. The molecule has 1 aliphatic rings. The number of rotatable bonds is 2. The largest absolute Gasteiger partial charge is 0.354 e. The highest BCUT2D eigenvalue weighted by Crippen LogP contribution is 2.23. The standard InChI is InChI=1S/C11H20N2O2S/c1-11(2,3)16-8-10(15)13-6-4-9(14)12-5-7-13/h4-8H2,1-3H3,(H,12,14). The van der Waals surface area contributed by atoms with Crippen LogP contribution in [0.5, 0.6) is 0 Å². The second kappa shape index (κ2) is 5.57. The van der Waals surface area contributed by atoms with Gasteiger partial charge in [-0.3, -0.25) is 9.59 Å². The molecule has 0 bridgehead atoms. The molecule has 0 aromatic carbocycles. The van der Waals surface area contributed by atoms with Crippen LogP contribution in [0.3, 0.4) is 0 Å². The van der Waals surface area contributed by atoms with Gasteiger partial charge >= 0.3 is 0 Å². The first kappa shape index (κ1) is 13.4. The molecule has 0 saturated carbocycles. The summed E-state index contributed by atoms with van der Waals surface area (Å²) in [4.78, 5) is 24.8. The minimum atomic E-state index is 0.0405. The van der Waals surface area contributed by atoms with Crippen LogP contribution in [0.25, 0.3) is 0 Å². The average molecular weight is 244 g/mol. The Bertz CT molecular complexity index is 274. The Morgan fingerprint density at radius 1 is 1.44 bits per heavy atom. The fraction of sp³-hybridized carbons (Fsp3) is 0.818. The van der Waals surface area contributed by atoms with E-state index in [2.05, 4.69) is 26.1 Å². The molecule has 2 amide bonds. The Hall–Kier alpha value is -0.710. The molecule has 0 spiro atoms. The van der Waals surface area contributed by atoms with Crippen LogP contribution in [0, 0.1) is 0 Å². The predicted octanol–water partition coefficient (Wildman–Crippen LogP) is 0.867. The van der Waals surface area contributed by atoms with Gasteiger partial charge in [0.2, 0.25) is 11.8 Å². The van der Waals surface area contributed by atoms with E-state index in [1.165, 1.54) is 0 Å². The molecule has 0 radical (unpaired) electrons. The highest BCUT2D eigenvalue weighted by atomic mass is 32.2. The van der Waals surface area contributed by atoms with Crippen LogP contribution in [-0.2, 0) is 9.59 Å². The molecule has 92 valence electrons. The number of nitrogens with zero attached hydrogens (tertiary/aromatic N) is 1. The molecule has 0 aromatic heterocycles. The first-order valence-electron chi connectivity index (χ1n) is 5.57. The number of nitrogens with one attached hydrogen (secondary N) is 1. The predicted molar refractivity (Wildman–Crippen MR) is 66.4 cm³/mol. The van der Waals surface area contributed by atoms with Gasteiger partial charge in [-0.1, -0.05) is 20.8 Å². The lowest BCUT2D eigenvalue weighted by Crippen LogP contribution is -2.36. The summed E-state index contributed by atoms with van der Waals surface area (Å²) in [6.45, 7) is 8.05. The van der Waals surface area contributed by atoms with Crippen molar-refractivity contribution in [3.05, 3.63) is 0 Å². The van der Waals surface area contributed by atoms with E-state index < -0.39 is 0 Å². The van der Waals surface area contributed by atoms with Gasteiger partial charge < -0.3 is 10.2 Å². The zero-order valence-corrected chi connectivity index (χ0v) is 11.0. The smallest absolute Gasteiger partial charge is 0.232 e. The zero-order chi connectivity index (χ0) is 12.2. The third-order valence-corrected chi connectivity index (χ3v) is 3.55. The maximum Gasteiger partial charge on any atom is 0.232 e. The lowest BCUT2D eigenvalue weighted by Gasteiger charge is -2.22. The second-order valence-electron chi connectivity index (χ2n) is 4.88. The monoisotopic (exact) mass is 244 g/mol. The van der Waals surface area contributed by atoms with Crippen molar-refractivity contribution in [2.75, 3.05) is 25.4 Å². The van der Waals surface area contributed by atoms with Crippen molar-refractivity contribution in [3.63, 3.8) is 0 Å². The molecule has 1 N–H and O–H groups in total. The van der Waals surface area contributed by atoms with E-state index in [1.807, 2.05) is 0 Å². The fourth-order valence-corrected chi connectivity index (χ4v) is 2.12. The average Bonchev–Trinajstić information content (AvgIpc) is 2.38. The first-order chi connectivity index (χ1) is 7.38. The molecule has 0 aromatic rings. The molecule has 1 heterocycles. The molecule has 0 aliphatic carbocycles. The summed E-state index contributed by atoms with van der Waals surface area (Å²) in [5.74, 6) is 0.674. The van der Waals surface area contributed by atoms with Crippen LogP contribution in [0.15, 0.2) is 0 Å². The van der Waals surface area contributed by atoms with Gasteiger partial charge in [0, 0.05) is 30.8 Å². The molecule has 5 heteroatoms. The Kier molecular flexibility index (Phi) is 4.65. The number of carbonyl (C=O) groups is 2. The van der Waals surface area contributed by atoms with Gasteiger partial charge in [0.1, 0.15) is 0 Å².